The highest BCUT2D eigenvalue weighted by atomic mass is 16.5. The summed E-state index contributed by atoms with van der Waals surface area (Å²) in [7, 11) is 0. The molecular weight excluding hydrogens is 458 g/mol. The highest BCUT2D eigenvalue weighted by molar-refractivity contribution is 5.79. The molecule has 1 heterocycles. The topological polar surface area (TPSA) is 56.1 Å². The number of benzene rings is 3. The van der Waals surface area contributed by atoms with Crippen LogP contribution in [0.3, 0.4) is 0 Å². The fourth-order valence-electron chi connectivity index (χ4n) is 4.61. The van der Waals surface area contributed by atoms with E-state index in [9.17, 15) is 4.79 Å². The average molecular weight is 496 g/mol. The van der Waals surface area contributed by atoms with Crippen LogP contribution < -0.4 is 10.1 Å². The van der Waals surface area contributed by atoms with Gasteiger partial charge in [-0.2, -0.15) is 0 Å². The number of rotatable bonds is 14. The van der Waals surface area contributed by atoms with Crippen LogP contribution in [0, 0.1) is 6.92 Å². The molecule has 1 aromatic heterocycles. The number of carbonyl (C=O) groups excluding carboxylic acids is 1. The highest BCUT2D eigenvalue weighted by Gasteiger charge is 2.11. The minimum atomic E-state index is 0.0671. The maximum atomic E-state index is 12.4. The standard InChI is InChI=1S/C32H37N3O2/c1-3-13-26-15-6-9-19-30(26)37-23-11-10-22-35-29-18-8-7-17-28(29)34-31(35)20-12-21-33-32(36)24-27-16-5-4-14-25(27)2/h3-9,14-19H,1,10-13,20-24H2,2H3,(H,33,36). The Kier molecular flexibility index (Phi) is 9.53. The van der Waals surface area contributed by atoms with Gasteiger partial charge < -0.3 is 14.6 Å². The number of carbonyl (C=O) groups is 1. The second kappa shape index (κ2) is 13.4. The third kappa shape index (κ3) is 7.32. The van der Waals surface area contributed by atoms with E-state index in [4.69, 9.17) is 9.72 Å². The molecule has 0 aliphatic heterocycles. The van der Waals surface area contributed by atoms with Crippen molar-refractivity contribution in [3.05, 3.63) is 108 Å². The number of imidazole rings is 1. The number of hydrogen-bond acceptors (Lipinski definition) is 3. The van der Waals surface area contributed by atoms with Crippen molar-refractivity contribution >= 4 is 16.9 Å². The van der Waals surface area contributed by atoms with Gasteiger partial charge in [-0.3, -0.25) is 4.79 Å². The molecule has 0 radical (unpaired) electrons. The third-order valence-corrected chi connectivity index (χ3v) is 6.62. The average Bonchev–Trinajstić information content (AvgIpc) is 3.26. The van der Waals surface area contributed by atoms with E-state index in [2.05, 4.69) is 40.7 Å². The number of aromatic nitrogens is 2. The molecule has 1 N–H and O–H groups in total. The third-order valence-electron chi connectivity index (χ3n) is 6.62. The van der Waals surface area contributed by atoms with Crippen LogP contribution >= 0.6 is 0 Å². The van der Waals surface area contributed by atoms with Crippen LogP contribution in [-0.2, 0) is 30.6 Å². The van der Waals surface area contributed by atoms with E-state index in [1.807, 2.05) is 61.5 Å². The Bertz CT molecular complexity index is 1320. The fourth-order valence-corrected chi connectivity index (χ4v) is 4.61. The molecule has 1 amide bonds. The summed E-state index contributed by atoms with van der Waals surface area (Å²) >= 11 is 0. The van der Waals surface area contributed by atoms with Crippen molar-refractivity contribution in [1.29, 1.82) is 0 Å². The molecule has 192 valence electrons. The number of para-hydroxylation sites is 3. The Hall–Kier alpha value is -3.86. The molecule has 0 unspecified atom stereocenters. The molecule has 4 rings (SSSR count). The summed E-state index contributed by atoms with van der Waals surface area (Å²) in [5, 5.41) is 3.07. The number of aryl methyl sites for hydroxylation is 3. The van der Waals surface area contributed by atoms with E-state index in [1.165, 1.54) is 11.1 Å². The van der Waals surface area contributed by atoms with Crippen molar-refractivity contribution < 1.29 is 9.53 Å². The maximum absolute atomic E-state index is 12.4. The zero-order chi connectivity index (χ0) is 25.9. The zero-order valence-corrected chi connectivity index (χ0v) is 21.8. The smallest absolute Gasteiger partial charge is 0.224 e. The SMILES string of the molecule is C=CCc1ccccc1OCCCCn1c(CCCNC(=O)Cc2ccccc2C)nc2ccccc21. The lowest BCUT2D eigenvalue weighted by atomic mass is 10.1. The van der Waals surface area contributed by atoms with E-state index < -0.39 is 0 Å². The summed E-state index contributed by atoms with van der Waals surface area (Å²) in [6.45, 7) is 8.11. The summed E-state index contributed by atoms with van der Waals surface area (Å²) in [6.07, 6.45) is 6.78. The van der Waals surface area contributed by atoms with Crippen molar-refractivity contribution in [3.8, 4) is 5.75 Å². The van der Waals surface area contributed by atoms with Gasteiger partial charge in [0.25, 0.3) is 0 Å². The molecule has 0 bridgehead atoms. The van der Waals surface area contributed by atoms with Gasteiger partial charge in [0.15, 0.2) is 0 Å². The first kappa shape index (κ1) is 26.2. The number of nitrogens with one attached hydrogen (secondary N) is 1. The molecule has 0 aliphatic rings. The highest BCUT2D eigenvalue weighted by Crippen LogP contribution is 2.20. The van der Waals surface area contributed by atoms with Crippen LogP contribution in [0.15, 0.2) is 85.5 Å². The molecule has 0 saturated heterocycles. The van der Waals surface area contributed by atoms with Gasteiger partial charge in [0.2, 0.25) is 5.91 Å². The van der Waals surface area contributed by atoms with Gasteiger partial charge in [-0.25, -0.2) is 4.98 Å². The summed E-state index contributed by atoms with van der Waals surface area (Å²) in [5.74, 6) is 2.09. The molecule has 5 nitrogen and oxygen atoms in total. The number of nitrogens with zero attached hydrogens (tertiary/aromatic N) is 2. The molecule has 4 aromatic rings. The van der Waals surface area contributed by atoms with Crippen LogP contribution in [0.2, 0.25) is 0 Å². The summed E-state index contributed by atoms with van der Waals surface area (Å²) in [6, 6.07) is 24.5. The molecule has 0 fully saturated rings. The van der Waals surface area contributed by atoms with Crippen LogP contribution in [-0.4, -0.2) is 28.6 Å². The lowest BCUT2D eigenvalue weighted by molar-refractivity contribution is -0.120. The van der Waals surface area contributed by atoms with Gasteiger partial charge in [0.1, 0.15) is 11.6 Å². The van der Waals surface area contributed by atoms with Gasteiger partial charge in [0.05, 0.1) is 24.1 Å². The maximum Gasteiger partial charge on any atom is 0.224 e. The van der Waals surface area contributed by atoms with E-state index in [0.29, 0.717) is 19.6 Å². The number of hydrogen-bond donors (Lipinski definition) is 1. The Morgan fingerprint density at radius 3 is 2.57 bits per heavy atom. The molecule has 0 atom stereocenters. The molecule has 3 aromatic carbocycles. The van der Waals surface area contributed by atoms with Gasteiger partial charge in [-0.15, -0.1) is 6.58 Å². The van der Waals surface area contributed by atoms with Crippen molar-refractivity contribution in [3.63, 3.8) is 0 Å². The van der Waals surface area contributed by atoms with Gasteiger partial charge in [0, 0.05) is 19.5 Å². The number of unbranched alkanes of at least 4 members (excludes halogenated alkanes) is 1. The van der Waals surface area contributed by atoms with Gasteiger partial charge >= 0.3 is 0 Å². The van der Waals surface area contributed by atoms with Crippen molar-refractivity contribution in [2.24, 2.45) is 0 Å². The van der Waals surface area contributed by atoms with E-state index in [0.717, 1.165) is 66.9 Å². The minimum absolute atomic E-state index is 0.0671. The van der Waals surface area contributed by atoms with E-state index in [1.54, 1.807) is 0 Å². The Morgan fingerprint density at radius 1 is 0.973 bits per heavy atom. The molecule has 37 heavy (non-hydrogen) atoms. The molecule has 0 aliphatic carbocycles. The Morgan fingerprint density at radius 2 is 1.73 bits per heavy atom. The summed E-state index contributed by atoms with van der Waals surface area (Å²) < 4.78 is 8.40. The van der Waals surface area contributed by atoms with Crippen LogP contribution in [0.5, 0.6) is 5.75 Å². The Balaban J connectivity index is 1.27. The first-order valence-electron chi connectivity index (χ1n) is 13.2. The first-order valence-corrected chi connectivity index (χ1v) is 13.2. The van der Waals surface area contributed by atoms with Crippen LogP contribution in [0.1, 0.15) is 41.8 Å². The number of amides is 1. The summed E-state index contributed by atoms with van der Waals surface area (Å²) in [4.78, 5) is 17.3. The lowest BCUT2D eigenvalue weighted by Crippen LogP contribution is -2.26. The molecular formula is C32H37N3O2. The first-order chi connectivity index (χ1) is 18.2. The number of allylic oxidation sites excluding steroid dienone is 1. The quantitative estimate of drug-likeness (QED) is 0.167. The molecule has 5 heteroatoms. The van der Waals surface area contributed by atoms with Crippen molar-refractivity contribution in [1.82, 2.24) is 14.9 Å². The predicted molar refractivity (Wildman–Crippen MR) is 151 cm³/mol. The second-order valence-electron chi connectivity index (χ2n) is 9.38. The number of fused-ring (bicyclic) bond motifs is 1. The molecule has 0 spiro atoms. The fraction of sp³-hybridized carbons (Fsp3) is 0.312. The van der Waals surface area contributed by atoms with E-state index >= 15 is 0 Å². The van der Waals surface area contributed by atoms with Crippen LogP contribution in [0.25, 0.3) is 11.0 Å². The van der Waals surface area contributed by atoms with Crippen molar-refractivity contribution in [2.45, 2.75) is 52.0 Å². The second-order valence-corrected chi connectivity index (χ2v) is 9.38. The zero-order valence-electron chi connectivity index (χ0n) is 21.8. The van der Waals surface area contributed by atoms with E-state index in [-0.39, 0.29) is 5.91 Å². The van der Waals surface area contributed by atoms with Crippen LogP contribution in [0.4, 0.5) is 0 Å². The number of ether oxygens (including phenoxy) is 1. The van der Waals surface area contributed by atoms with Gasteiger partial charge in [-0.1, -0.05) is 60.7 Å². The van der Waals surface area contributed by atoms with Crippen molar-refractivity contribution in [2.75, 3.05) is 13.2 Å². The molecule has 0 saturated carbocycles. The monoisotopic (exact) mass is 495 g/mol. The van der Waals surface area contributed by atoms with Gasteiger partial charge in [-0.05, 0) is 67.5 Å². The summed E-state index contributed by atoms with van der Waals surface area (Å²) in [5.41, 5.74) is 5.59. The Labute approximate surface area is 220 Å². The minimum Gasteiger partial charge on any atom is -0.493 e. The lowest BCUT2D eigenvalue weighted by Gasteiger charge is -2.12. The predicted octanol–water partition coefficient (Wildman–Crippen LogP) is 6.22. The largest absolute Gasteiger partial charge is 0.493 e. The normalized spacial score (nSPS) is 10.9.